The van der Waals surface area contributed by atoms with Gasteiger partial charge in [-0.3, -0.25) is 9.69 Å². The van der Waals surface area contributed by atoms with Crippen LogP contribution in [0, 0.1) is 0 Å². The number of nitrogens with zero attached hydrogens (tertiary/aromatic N) is 1. The third-order valence-electron chi connectivity index (χ3n) is 4.97. The Labute approximate surface area is 153 Å². The number of aliphatic hydroxyl groups is 1. The molecule has 0 bridgehead atoms. The van der Waals surface area contributed by atoms with E-state index < -0.39 is 6.10 Å². The molecule has 3 heteroatoms. The third-order valence-corrected chi connectivity index (χ3v) is 4.97. The van der Waals surface area contributed by atoms with Gasteiger partial charge in [-0.05, 0) is 11.1 Å². The smallest absolute Gasteiger partial charge is 0.181 e. The lowest BCUT2D eigenvalue weighted by atomic mass is 10.0. The molecule has 2 unspecified atom stereocenters. The zero-order chi connectivity index (χ0) is 17.9. The van der Waals surface area contributed by atoms with Gasteiger partial charge in [0.15, 0.2) is 5.78 Å². The molecule has 4 rings (SSSR count). The third kappa shape index (κ3) is 3.32. The van der Waals surface area contributed by atoms with E-state index in [4.69, 9.17) is 0 Å². The van der Waals surface area contributed by atoms with Crippen molar-refractivity contribution < 1.29 is 9.90 Å². The molecule has 0 saturated carbocycles. The van der Waals surface area contributed by atoms with Crippen molar-refractivity contribution in [1.29, 1.82) is 0 Å². The fraction of sp³-hybridized carbons (Fsp3) is 0.174. The first-order valence-corrected chi connectivity index (χ1v) is 8.87. The monoisotopic (exact) mass is 343 g/mol. The molecular formula is C23H21NO2. The Balaban J connectivity index is 1.60. The number of ketones is 1. The minimum absolute atomic E-state index is 0.0708. The summed E-state index contributed by atoms with van der Waals surface area (Å²) in [4.78, 5) is 15.1. The summed E-state index contributed by atoms with van der Waals surface area (Å²) < 4.78 is 0. The second-order valence-corrected chi connectivity index (χ2v) is 6.68. The van der Waals surface area contributed by atoms with Gasteiger partial charge in [-0.2, -0.15) is 0 Å². The van der Waals surface area contributed by atoms with E-state index in [0.29, 0.717) is 12.1 Å². The molecule has 0 spiro atoms. The highest BCUT2D eigenvalue weighted by Crippen LogP contribution is 2.41. The quantitative estimate of drug-likeness (QED) is 0.546. The van der Waals surface area contributed by atoms with Crippen molar-refractivity contribution >= 4 is 5.78 Å². The first-order chi connectivity index (χ1) is 12.8. The Hall–Kier alpha value is -2.75. The molecule has 130 valence electrons. The summed E-state index contributed by atoms with van der Waals surface area (Å²) >= 11 is 0. The Bertz CT molecular complexity index is 864. The van der Waals surface area contributed by atoms with E-state index in [9.17, 15) is 9.90 Å². The SMILES string of the molecule is O=C(c1ccccc1)[C@@H]1[C@@H](C(O)c2ccccc2)N1Cc1ccccc1. The van der Waals surface area contributed by atoms with Crippen molar-refractivity contribution in [3.05, 3.63) is 108 Å². The summed E-state index contributed by atoms with van der Waals surface area (Å²) in [6.45, 7) is 0.651. The number of carbonyl (C=O) groups excluding carboxylic acids is 1. The molecule has 1 aliphatic rings. The van der Waals surface area contributed by atoms with E-state index >= 15 is 0 Å². The van der Waals surface area contributed by atoms with Crippen LogP contribution in [0.15, 0.2) is 91.0 Å². The molecule has 0 amide bonds. The molecule has 1 aliphatic heterocycles. The van der Waals surface area contributed by atoms with E-state index in [1.807, 2.05) is 91.0 Å². The second-order valence-electron chi connectivity index (χ2n) is 6.68. The predicted molar refractivity (Wildman–Crippen MR) is 102 cm³/mol. The van der Waals surface area contributed by atoms with Crippen LogP contribution in [0.4, 0.5) is 0 Å². The molecule has 3 aromatic rings. The number of hydrogen-bond acceptors (Lipinski definition) is 3. The highest BCUT2D eigenvalue weighted by atomic mass is 16.3. The van der Waals surface area contributed by atoms with Crippen LogP contribution in [0.1, 0.15) is 27.6 Å². The molecule has 1 heterocycles. The summed E-state index contributed by atoms with van der Waals surface area (Å²) in [6, 6.07) is 28.5. The summed E-state index contributed by atoms with van der Waals surface area (Å²) in [6.07, 6.45) is -0.683. The average molecular weight is 343 g/mol. The van der Waals surface area contributed by atoms with Crippen LogP contribution < -0.4 is 0 Å². The topological polar surface area (TPSA) is 40.3 Å². The minimum Gasteiger partial charge on any atom is -0.387 e. The Morgan fingerprint density at radius 1 is 0.846 bits per heavy atom. The van der Waals surface area contributed by atoms with Gasteiger partial charge in [0.1, 0.15) is 0 Å². The normalized spacial score (nSPS) is 22.6. The van der Waals surface area contributed by atoms with Crippen LogP contribution in [0.25, 0.3) is 0 Å². The van der Waals surface area contributed by atoms with E-state index in [0.717, 1.165) is 11.1 Å². The van der Waals surface area contributed by atoms with Crippen molar-refractivity contribution in [2.24, 2.45) is 0 Å². The van der Waals surface area contributed by atoms with Crippen LogP contribution in [-0.2, 0) is 6.54 Å². The zero-order valence-electron chi connectivity index (χ0n) is 14.4. The number of aliphatic hydroxyl groups excluding tert-OH is 1. The highest BCUT2D eigenvalue weighted by Gasteiger charge is 2.55. The van der Waals surface area contributed by atoms with Crippen LogP contribution in [-0.4, -0.2) is 27.9 Å². The van der Waals surface area contributed by atoms with Gasteiger partial charge in [0.05, 0.1) is 18.2 Å². The molecule has 3 aromatic carbocycles. The lowest BCUT2D eigenvalue weighted by molar-refractivity contribution is 0.0968. The Morgan fingerprint density at radius 2 is 1.38 bits per heavy atom. The van der Waals surface area contributed by atoms with Gasteiger partial charge >= 0.3 is 0 Å². The maximum Gasteiger partial charge on any atom is 0.181 e. The molecule has 3 nitrogen and oxygen atoms in total. The Morgan fingerprint density at radius 3 is 2.00 bits per heavy atom. The zero-order valence-corrected chi connectivity index (χ0v) is 14.4. The highest BCUT2D eigenvalue weighted by molar-refractivity contribution is 6.02. The van der Waals surface area contributed by atoms with Crippen molar-refractivity contribution in [3.63, 3.8) is 0 Å². The lowest BCUT2D eigenvalue weighted by Gasteiger charge is -2.11. The fourth-order valence-corrected chi connectivity index (χ4v) is 3.57. The fourth-order valence-electron chi connectivity index (χ4n) is 3.57. The molecule has 1 N–H and O–H groups in total. The van der Waals surface area contributed by atoms with Gasteiger partial charge in [-0.25, -0.2) is 0 Å². The first-order valence-electron chi connectivity index (χ1n) is 8.87. The maximum absolute atomic E-state index is 13.0. The van der Waals surface area contributed by atoms with Crippen LogP contribution in [0.3, 0.4) is 0 Å². The molecule has 0 aromatic heterocycles. The molecule has 26 heavy (non-hydrogen) atoms. The van der Waals surface area contributed by atoms with Gasteiger partial charge in [0, 0.05) is 12.1 Å². The number of Topliss-reactive ketones (excluding diaryl/α,β-unsaturated/α-hetero) is 1. The molecule has 1 fully saturated rings. The number of benzene rings is 3. The van der Waals surface area contributed by atoms with Gasteiger partial charge in [0.2, 0.25) is 0 Å². The minimum atomic E-state index is -0.683. The van der Waals surface area contributed by atoms with Crippen molar-refractivity contribution in [2.45, 2.75) is 24.7 Å². The number of carbonyl (C=O) groups is 1. The van der Waals surface area contributed by atoms with Crippen LogP contribution >= 0.6 is 0 Å². The molecule has 4 atom stereocenters. The van der Waals surface area contributed by atoms with Crippen molar-refractivity contribution in [1.82, 2.24) is 4.90 Å². The lowest BCUT2D eigenvalue weighted by Crippen LogP contribution is -2.15. The average Bonchev–Trinajstić information content (AvgIpc) is 3.42. The second kappa shape index (κ2) is 7.24. The summed E-state index contributed by atoms with van der Waals surface area (Å²) in [5, 5.41) is 10.9. The molecule has 0 radical (unpaired) electrons. The number of rotatable bonds is 6. The van der Waals surface area contributed by atoms with Gasteiger partial charge < -0.3 is 5.11 Å². The predicted octanol–water partition coefficient (Wildman–Crippen LogP) is 3.86. The standard InChI is InChI=1S/C23H21NO2/c25-22(18-12-6-2-7-13-18)20-21(23(26)19-14-8-3-9-15-19)24(20)16-17-10-4-1-5-11-17/h1-15,20-22,25H,16H2/t20-,21-,22?,24?/m0/s1. The largest absolute Gasteiger partial charge is 0.387 e. The summed E-state index contributed by atoms with van der Waals surface area (Å²) in [5.41, 5.74) is 2.68. The molecular weight excluding hydrogens is 322 g/mol. The van der Waals surface area contributed by atoms with Gasteiger partial charge in [-0.15, -0.1) is 0 Å². The van der Waals surface area contributed by atoms with E-state index in [2.05, 4.69) is 4.90 Å². The van der Waals surface area contributed by atoms with Crippen LogP contribution in [0.5, 0.6) is 0 Å². The Kier molecular flexibility index (Phi) is 4.65. The summed E-state index contributed by atoms with van der Waals surface area (Å²) in [7, 11) is 0. The van der Waals surface area contributed by atoms with E-state index in [-0.39, 0.29) is 17.9 Å². The first kappa shape index (κ1) is 16.7. The van der Waals surface area contributed by atoms with Crippen LogP contribution in [0.2, 0.25) is 0 Å². The van der Waals surface area contributed by atoms with Gasteiger partial charge in [0.25, 0.3) is 0 Å². The molecule has 1 saturated heterocycles. The summed E-state index contributed by atoms with van der Waals surface area (Å²) in [5.74, 6) is 0.0708. The van der Waals surface area contributed by atoms with E-state index in [1.54, 1.807) is 0 Å². The van der Waals surface area contributed by atoms with Crippen molar-refractivity contribution in [3.8, 4) is 0 Å². The molecule has 0 aliphatic carbocycles. The van der Waals surface area contributed by atoms with Gasteiger partial charge in [-0.1, -0.05) is 91.0 Å². The van der Waals surface area contributed by atoms with E-state index in [1.165, 1.54) is 0 Å². The number of hydrogen-bond donors (Lipinski definition) is 1. The maximum atomic E-state index is 13.0. The van der Waals surface area contributed by atoms with Crippen molar-refractivity contribution in [2.75, 3.05) is 0 Å².